The van der Waals surface area contributed by atoms with Gasteiger partial charge in [0.25, 0.3) is 0 Å². The van der Waals surface area contributed by atoms with Crippen molar-refractivity contribution < 1.29 is 4.65 Å². The molecule has 2 heteroatoms. The van der Waals surface area contributed by atoms with Crippen molar-refractivity contribution in [3.63, 3.8) is 0 Å². The van der Waals surface area contributed by atoms with Crippen molar-refractivity contribution >= 4 is 17.8 Å². The highest BCUT2D eigenvalue weighted by atomic mass is 16.4. The minimum absolute atomic E-state index is 0.0676. The van der Waals surface area contributed by atoms with Crippen LogP contribution in [-0.4, -0.2) is 14.0 Å². The average molecular weight is 314 g/mol. The van der Waals surface area contributed by atoms with E-state index >= 15 is 0 Å². The van der Waals surface area contributed by atoms with Crippen LogP contribution in [0.25, 0.3) is 11.1 Å². The minimum Gasteiger partial charge on any atom is -0.430 e. The van der Waals surface area contributed by atoms with Crippen molar-refractivity contribution in [2.75, 3.05) is 7.11 Å². The molecular weight excluding hydrogens is 291 g/mol. The number of aryl methyl sites for hydroxylation is 3. The highest BCUT2D eigenvalue weighted by Crippen LogP contribution is 2.18. The van der Waals surface area contributed by atoms with E-state index in [-0.39, 0.29) is 6.92 Å². The van der Waals surface area contributed by atoms with Gasteiger partial charge in [0.15, 0.2) is 0 Å². The van der Waals surface area contributed by atoms with Crippen LogP contribution in [0.1, 0.15) is 16.7 Å². The van der Waals surface area contributed by atoms with E-state index < -0.39 is 0 Å². The summed E-state index contributed by atoms with van der Waals surface area (Å²) in [7, 11) is 1.80. The molecule has 0 bridgehead atoms. The molecule has 0 amide bonds. The van der Waals surface area contributed by atoms with Gasteiger partial charge in [-0.1, -0.05) is 83.4 Å². The van der Waals surface area contributed by atoms with Crippen molar-refractivity contribution in [3.05, 3.63) is 83.4 Å². The second-order valence-electron chi connectivity index (χ2n) is 6.38. The lowest BCUT2D eigenvalue weighted by Gasteiger charge is -2.21. The van der Waals surface area contributed by atoms with Crippen LogP contribution in [0, 0.1) is 20.8 Å². The summed E-state index contributed by atoms with van der Waals surface area (Å²) in [4.78, 5) is 0. The molecule has 0 radical (unpaired) electrons. The van der Waals surface area contributed by atoms with Gasteiger partial charge in [-0.05, 0) is 42.8 Å². The molecule has 0 aliphatic heterocycles. The van der Waals surface area contributed by atoms with E-state index in [0.717, 1.165) is 0 Å². The zero-order valence-corrected chi connectivity index (χ0v) is 14.8. The molecule has 0 aliphatic carbocycles. The maximum atomic E-state index is 5.99. The highest BCUT2D eigenvalue weighted by molar-refractivity contribution is 6.81. The molecule has 0 saturated heterocycles. The molecule has 3 rings (SSSR count). The first-order valence-electron chi connectivity index (χ1n) is 8.36. The largest absolute Gasteiger partial charge is 0.430 e. The molecule has 0 fully saturated rings. The minimum atomic E-state index is -0.0676. The molecule has 0 spiro atoms. The van der Waals surface area contributed by atoms with Crippen molar-refractivity contribution in [1.29, 1.82) is 0 Å². The first-order valence-corrected chi connectivity index (χ1v) is 8.36. The molecule has 0 atom stereocenters. The van der Waals surface area contributed by atoms with Crippen LogP contribution in [0.15, 0.2) is 66.7 Å². The van der Waals surface area contributed by atoms with Crippen LogP contribution < -0.4 is 10.9 Å². The fourth-order valence-corrected chi connectivity index (χ4v) is 3.61. The van der Waals surface area contributed by atoms with Gasteiger partial charge >= 0.3 is 6.92 Å². The molecule has 0 aliphatic rings. The Morgan fingerprint density at radius 1 is 0.750 bits per heavy atom. The fourth-order valence-electron chi connectivity index (χ4n) is 3.61. The molecule has 0 N–H and O–H groups in total. The van der Waals surface area contributed by atoms with Crippen molar-refractivity contribution in [2.45, 2.75) is 20.8 Å². The van der Waals surface area contributed by atoms with E-state index in [9.17, 15) is 0 Å². The Morgan fingerprint density at radius 2 is 1.33 bits per heavy atom. The second-order valence-corrected chi connectivity index (χ2v) is 6.38. The second kappa shape index (κ2) is 7.06. The summed E-state index contributed by atoms with van der Waals surface area (Å²) in [6.45, 7) is 6.42. The third-order valence-corrected chi connectivity index (χ3v) is 4.56. The monoisotopic (exact) mass is 314 g/mol. The Labute approximate surface area is 145 Å². The third kappa shape index (κ3) is 3.15. The van der Waals surface area contributed by atoms with Crippen molar-refractivity contribution in [3.8, 4) is 11.1 Å². The topological polar surface area (TPSA) is 9.23 Å². The Hall–Kier alpha value is -2.32. The van der Waals surface area contributed by atoms with E-state index in [4.69, 9.17) is 4.65 Å². The Balaban J connectivity index is 2.18. The zero-order chi connectivity index (χ0) is 17.1. The van der Waals surface area contributed by atoms with Gasteiger partial charge in [0.05, 0.1) is 0 Å². The molecule has 0 unspecified atom stereocenters. The van der Waals surface area contributed by atoms with Crippen molar-refractivity contribution in [2.24, 2.45) is 0 Å². The summed E-state index contributed by atoms with van der Waals surface area (Å²) >= 11 is 0. The molecule has 0 heterocycles. The quantitative estimate of drug-likeness (QED) is 0.661. The van der Waals surface area contributed by atoms with E-state index in [1.165, 1.54) is 38.7 Å². The zero-order valence-electron chi connectivity index (χ0n) is 14.8. The predicted molar refractivity (Wildman–Crippen MR) is 105 cm³/mol. The van der Waals surface area contributed by atoms with Crippen LogP contribution in [-0.2, 0) is 4.65 Å². The van der Waals surface area contributed by atoms with Crippen LogP contribution in [0.4, 0.5) is 0 Å². The van der Waals surface area contributed by atoms with Gasteiger partial charge < -0.3 is 4.65 Å². The van der Waals surface area contributed by atoms with Gasteiger partial charge in [-0.3, -0.25) is 0 Å². The number of hydrogen-bond acceptors (Lipinski definition) is 1. The molecule has 3 aromatic rings. The number of rotatable bonds is 4. The molecule has 24 heavy (non-hydrogen) atoms. The van der Waals surface area contributed by atoms with E-state index in [2.05, 4.69) is 81.4 Å². The Kier molecular flexibility index (Phi) is 4.87. The summed E-state index contributed by atoms with van der Waals surface area (Å²) in [6.07, 6.45) is 0. The fraction of sp³-hybridized carbons (Fsp3) is 0.182. The molecule has 1 nitrogen and oxygen atoms in total. The van der Waals surface area contributed by atoms with Gasteiger partial charge in [0.2, 0.25) is 0 Å². The van der Waals surface area contributed by atoms with E-state index in [1.807, 2.05) is 6.07 Å². The van der Waals surface area contributed by atoms with Crippen LogP contribution in [0.3, 0.4) is 0 Å². The van der Waals surface area contributed by atoms with Crippen LogP contribution in [0.5, 0.6) is 0 Å². The smallest absolute Gasteiger partial charge is 0.362 e. The first-order chi connectivity index (χ1) is 11.6. The SMILES string of the molecule is COB(c1ccccc1-c1ccccc1)c1c(C)cc(C)cc1C. The Morgan fingerprint density at radius 3 is 1.96 bits per heavy atom. The summed E-state index contributed by atoms with van der Waals surface area (Å²) in [6, 6.07) is 23.5. The molecule has 120 valence electrons. The first kappa shape index (κ1) is 16.5. The average Bonchev–Trinajstić information content (AvgIpc) is 2.59. The summed E-state index contributed by atoms with van der Waals surface area (Å²) in [5.41, 5.74) is 8.78. The number of hydrogen-bond donors (Lipinski definition) is 0. The maximum absolute atomic E-state index is 5.99. The van der Waals surface area contributed by atoms with Gasteiger partial charge in [0, 0.05) is 7.11 Å². The normalized spacial score (nSPS) is 10.7. The third-order valence-electron chi connectivity index (χ3n) is 4.56. The van der Waals surface area contributed by atoms with Crippen molar-refractivity contribution in [1.82, 2.24) is 0 Å². The van der Waals surface area contributed by atoms with E-state index in [1.54, 1.807) is 7.11 Å². The summed E-state index contributed by atoms with van der Waals surface area (Å²) in [5, 5.41) is 0. The molecule has 0 saturated carbocycles. The lowest BCUT2D eigenvalue weighted by Crippen LogP contribution is -2.47. The van der Waals surface area contributed by atoms with Gasteiger partial charge in [0.1, 0.15) is 0 Å². The van der Waals surface area contributed by atoms with Gasteiger partial charge in [-0.15, -0.1) is 0 Å². The summed E-state index contributed by atoms with van der Waals surface area (Å²) in [5.74, 6) is 0. The highest BCUT2D eigenvalue weighted by Gasteiger charge is 2.26. The Bertz CT molecular complexity index is 817. The predicted octanol–water partition coefficient (Wildman–Crippen LogP) is 4.03. The van der Waals surface area contributed by atoms with Gasteiger partial charge in [-0.25, -0.2) is 0 Å². The van der Waals surface area contributed by atoms with E-state index in [0.29, 0.717) is 0 Å². The summed E-state index contributed by atoms with van der Waals surface area (Å²) < 4.78 is 5.99. The van der Waals surface area contributed by atoms with Gasteiger partial charge in [-0.2, -0.15) is 0 Å². The molecular formula is C22H23BO. The number of benzene rings is 3. The lowest BCUT2D eigenvalue weighted by atomic mass is 9.51. The maximum Gasteiger partial charge on any atom is 0.362 e. The standard InChI is InChI=1S/C22H23BO/c1-16-14-17(2)22(18(3)15-16)23(24-4)21-13-9-8-12-20(21)19-10-6-5-7-11-19/h5-15H,1-4H3. The molecule has 3 aromatic carbocycles. The molecule has 0 aromatic heterocycles. The van der Waals surface area contributed by atoms with Crippen LogP contribution >= 0.6 is 0 Å². The van der Waals surface area contributed by atoms with Crippen LogP contribution in [0.2, 0.25) is 0 Å². The lowest BCUT2D eigenvalue weighted by molar-refractivity contribution is 0.439.